The Hall–Kier alpha value is -1.00. The Morgan fingerprint density at radius 2 is 1.80 bits per heavy atom. The summed E-state index contributed by atoms with van der Waals surface area (Å²) in [5.74, 6) is 5.04. The molecule has 0 radical (unpaired) electrons. The van der Waals surface area contributed by atoms with Crippen LogP contribution in [0.15, 0.2) is 18.2 Å². The third-order valence-corrected chi connectivity index (χ3v) is 4.65. The lowest BCUT2D eigenvalue weighted by atomic mass is 9.70. The summed E-state index contributed by atoms with van der Waals surface area (Å²) in [5.41, 5.74) is 3.28. The second-order valence-electron chi connectivity index (χ2n) is 6.68. The smallest absolute Gasteiger partial charge is 0.129 e. The summed E-state index contributed by atoms with van der Waals surface area (Å²) in [4.78, 5) is 0. The maximum absolute atomic E-state index is 13.7. The largest absolute Gasteiger partial charge is 0.271 e. The van der Waals surface area contributed by atoms with E-state index in [1.807, 2.05) is 0 Å². The normalized spacial score (nSPS) is 20.9. The van der Waals surface area contributed by atoms with Gasteiger partial charge in [-0.3, -0.25) is 11.3 Å². The molecule has 1 aliphatic carbocycles. The zero-order valence-corrected chi connectivity index (χ0v) is 12.3. The Kier molecular flexibility index (Phi) is 4.76. The van der Waals surface area contributed by atoms with Crippen LogP contribution in [0.1, 0.15) is 45.1 Å². The number of hydrazine groups is 1. The molecule has 0 amide bonds. The van der Waals surface area contributed by atoms with Crippen molar-refractivity contribution >= 4 is 0 Å². The molecule has 1 aromatic rings. The van der Waals surface area contributed by atoms with E-state index in [4.69, 9.17) is 5.84 Å². The Balaban J connectivity index is 2.06. The molecular formula is C16H24F2N2. The Labute approximate surface area is 119 Å². The lowest BCUT2D eigenvalue weighted by Crippen LogP contribution is -2.44. The zero-order valence-electron chi connectivity index (χ0n) is 12.3. The lowest BCUT2D eigenvalue weighted by Gasteiger charge is -2.38. The van der Waals surface area contributed by atoms with Gasteiger partial charge in [0, 0.05) is 11.6 Å². The van der Waals surface area contributed by atoms with Gasteiger partial charge in [-0.1, -0.05) is 19.9 Å². The highest BCUT2D eigenvalue weighted by molar-refractivity contribution is 5.21. The predicted octanol–water partition coefficient (Wildman–Crippen LogP) is 3.56. The molecule has 1 saturated carbocycles. The van der Waals surface area contributed by atoms with Gasteiger partial charge in [-0.05, 0) is 55.6 Å². The minimum absolute atomic E-state index is 0.0718. The van der Waals surface area contributed by atoms with E-state index in [9.17, 15) is 8.78 Å². The fourth-order valence-corrected chi connectivity index (χ4v) is 3.13. The van der Waals surface area contributed by atoms with Crippen molar-refractivity contribution in [3.8, 4) is 0 Å². The van der Waals surface area contributed by atoms with Gasteiger partial charge in [0.2, 0.25) is 0 Å². The minimum Gasteiger partial charge on any atom is -0.271 e. The van der Waals surface area contributed by atoms with Gasteiger partial charge in [-0.15, -0.1) is 0 Å². The van der Waals surface area contributed by atoms with Gasteiger partial charge in [-0.2, -0.15) is 0 Å². The lowest BCUT2D eigenvalue weighted by molar-refractivity contribution is 0.160. The third-order valence-electron chi connectivity index (χ3n) is 4.65. The zero-order chi connectivity index (χ0) is 14.8. The number of benzene rings is 1. The molecule has 2 nitrogen and oxygen atoms in total. The molecular weight excluding hydrogens is 258 g/mol. The molecule has 1 fully saturated rings. The Morgan fingerprint density at radius 3 is 2.30 bits per heavy atom. The van der Waals surface area contributed by atoms with Crippen LogP contribution in [0.2, 0.25) is 0 Å². The highest BCUT2D eigenvalue weighted by Crippen LogP contribution is 2.39. The number of halogens is 2. The Bertz CT molecular complexity index is 430. The SMILES string of the molecule is CC1(C)CCC(C(Cc2c(F)cccc2F)NN)CC1. The molecule has 1 aliphatic rings. The molecule has 0 saturated heterocycles. The average molecular weight is 282 g/mol. The molecule has 0 aliphatic heterocycles. The molecule has 1 unspecified atom stereocenters. The first kappa shape index (κ1) is 15.4. The van der Waals surface area contributed by atoms with Gasteiger partial charge in [0.25, 0.3) is 0 Å². The summed E-state index contributed by atoms with van der Waals surface area (Å²) in [7, 11) is 0. The van der Waals surface area contributed by atoms with E-state index in [1.54, 1.807) is 0 Å². The predicted molar refractivity (Wildman–Crippen MR) is 76.9 cm³/mol. The summed E-state index contributed by atoms with van der Waals surface area (Å²) in [6.45, 7) is 4.54. The van der Waals surface area contributed by atoms with E-state index in [2.05, 4.69) is 19.3 Å². The van der Waals surface area contributed by atoms with Crippen LogP contribution in [0, 0.1) is 23.0 Å². The van der Waals surface area contributed by atoms with Crippen LogP contribution in [0.25, 0.3) is 0 Å². The quantitative estimate of drug-likeness (QED) is 0.654. The highest BCUT2D eigenvalue weighted by atomic mass is 19.1. The second kappa shape index (κ2) is 6.19. The van der Waals surface area contributed by atoms with Crippen LogP contribution in [0.3, 0.4) is 0 Å². The molecule has 3 N–H and O–H groups in total. The molecule has 2 rings (SSSR count). The topological polar surface area (TPSA) is 38.0 Å². The number of nitrogens with two attached hydrogens (primary N) is 1. The van der Waals surface area contributed by atoms with Gasteiger partial charge in [0.15, 0.2) is 0 Å². The Morgan fingerprint density at radius 1 is 1.25 bits per heavy atom. The van der Waals surface area contributed by atoms with Crippen molar-refractivity contribution in [1.29, 1.82) is 0 Å². The van der Waals surface area contributed by atoms with E-state index in [-0.39, 0.29) is 11.6 Å². The standard InChI is InChI=1S/C16H24F2N2/c1-16(2)8-6-11(7-9-16)15(20-19)10-12-13(17)4-3-5-14(12)18/h3-5,11,15,20H,6-10,19H2,1-2H3. The number of nitrogens with one attached hydrogen (secondary N) is 1. The van der Waals surface area contributed by atoms with Crippen molar-refractivity contribution in [3.05, 3.63) is 35.4 Å². The van der Waals surface area contributed by atoms with Crippen molar-refractivity contribution in [2.75, 3.05) is 0 Å². The summed E-state index contributed by atoms with van der Waals surface area (Å²) < 4.78 is 27.5. The second-order valence-corrected chi connectivity index (χ2v) is 6.68. The molecule has 112 valence electrons. The fourth-order valence-electron chi connectivity index (χ4n) is 3.13. The molecule has 0 heterocycles. The summed E-state index contributed by atoms with van der Waals surface area (Å²) in [6, 6.07) is 3.92. The molecule has 0 bridgehead atoms. The van der Waals surface area contributed by atoms with Crippen LogP contribution >= 0.6 is 0 Å². The van der Waals surface area contributed by atoms with Gasteiger partial charge in [0.05, 0.1) is 0 Å². The van der Waals surface area contributed by atoms with Gasteiger partial charge < -0.3 is 0 Å². The fraction of sp³-hybridized carbons (Fsp3) is 0.625. The van der Waals surface area contributed by atoms with Crippen molar-refractivity contribution in [2.24, 2.45) is 17.2 Å². The first-order valence-corrected chi connectivity index (χ1v) is 7.32. The summed E-state index contributed by atoms with van der Waals surface area (Å²) >= 11 is 0. The van der Waals surface area contributed by atoms with Crippen LogP contribution in [0.5, 0.6) is 0 Å². The van der Waals surface area contributed by atoms with E-state index in [1.165, 1.54) is 18.2 Å². The van der Waals surface area contributed by atoms with Crippen LogP contribution in [-0.2, 0) is 6.42 Å². The first-order chi connectivity index (χ1) is 9.43. The van der Waals surface area contributed by atoms with Gasteiger partial charge in [0.1, 0.15) is 11.6 Å². The van der Waals surface area contributed by atoms with Crippen molar-refractivity contribution in [2.45, 2.75) is 52.0 Å². The van der Waals surface area contributed by atoms with Crippen LogP contribution < -0.4 is 11.3 Å². The molecule has 1 atom stereocenters. The van der Waals surface area contributed by atoms with Gasteiger partial charge in [-0.25, -0.2) is 8.78 Å². The molecule has 1 aromatic carbocycles. The third kappa shape index (κ3) is 3.55. The first-order valence-electron chi connectivity index (χ1n) is 7.32. The van der Waals surface area contributed by atoms with E-state index in [0.29, 0.717) is 17.8 Å². The van der Waals surface area contributed by atoms with Crippen molar-refractivity contribution in [1.82, 2.24) is 5.43 Å². The van der Waals surface area contributed by atoms with Crippen molar-refractivity contribution in [3.63, 3.8) is 0 Å². The molecule has 0 spiro atoms. The van der Waals surface area contributed by atoms with E-state index in [0.717, 1.165) is 25.7 Å². The molecule has 20 heavy (non-hydrogen) atoms. The monoisotopic (exact) mass is 282 g/mol. The van der Waals surface area contributed by atoms with Crippen LogP contribution in [-0.4, -0.2) is 6.04 Å². The average Bonchev–Trinajstić information content (AvgIpc) is 2.39. The number of hydrogen-bond acceptors (Lipinski definition) is 2. The van der Waals surface area contributed by atoms with E-state index >= 15 is 0 Å². The minimum atomic E-state index is -0.485. The summed E-state index contributed by atoms with van der Waals surface area (Å²) in [6.07, 6.45) is 4.68. The maximum Gasteiger partial charge on any atom is 0.129 e. The number of rotatable bonds is 4. The van der Waals surface area contributed by atoms with Crippen LogP contribution in [0.4, 0.5) is 8.78 Å². The van der Waals surface area contributed by atoms with E-state index < -0.39 is 11.6 Å². The molecule has 0 aromatic heterocycles. The van der Waals surface area contributed by atoms with Crippen molar-refractivity contribution < 1.29 is 8.78 Å². The molecule has 4 heteroatoms. The maximum atomic E-state index is 13.7. The van der Waals surface area contributed by atoms with Gasteiger partial charge >= 0.3 is 0 Å². The number of hydrogen-bond donors (Lipinski definition) is 2. The summed E-state index contributed by atoms with van der Waals surface area (Å²) in [5, 5.41) is 0. The highest BCUT2D eigenvalue weighted by Gasteiger charge is 2.31.